The van der Waals surface area contributed by atoms with Crippen LogP contribution in [0.2, 0.25) is 0 Å². The van der Waals surface area contributed by atoms with E-state index in [1.165, 1.54) is 11.1 Å². The highest BCUT2D eigenvalue weighted by Crippen LogP contribution is 2.21. The van der Waals surface area contributed by atoms with Gasteiger partial charge in [-0.2, -0.15) is 0 Å². The summed E-state index contributed by atoms with van der Waals surface area (Å²) >= 11 is 0. The first-order chi connectivity index (χ1) is 7.06. The van der Waals surface area contributed by atoms with E-state index in [0.29, 0.717) is 12.5 Å². The summed E-state index contributed by atoms with van der Waals surface area (Å²) in [6.07, 6.45) is 2.93. The molecule has 0 fully saturated rings. The molecule has 0 saturated carbocycles. The molecule has 0 bridgehead atoms. The zero-order chi connectivity index (χ0) is 11.4. The van der Waals surface area contributed by atoms with E-state index >= 15 is 0 Å². The number of anilines is 1. The fraction of sp³-hybridized carbons (Fsp3) is 0.583. The number of rotatable bonds is 4. The second-order valence-corrected chi connectivity index (χ2v) is 4.47. The Morgan fingerprint density at radius 3 is 2.53 bits per heavy atom. The van der Waals surface area contributed by atoms with E-state index in [1.54, 1.807) is 0 Å². The normalized spacial score (nSPS) is 10.8. The first-order valence-electron chi connectivity index (χ1n) is 5.40. The molecule has 3 heteroatoms. The van der Waals surface area contributed by atoms with Crippen molar-refractivity contribution in [2.75, 3.05) is 19.0 Å². The van der Waals surface area contributed by atoms with Gasteiger partial charge in [0.2, 0.25) is 0 Å². The van der Waals surface area contributed by atoms with Crippen LogP contribution in [0, 0.1) is 5.92 Å². The second kappa shape index (κ2) is 5.12. The molecule has 3 nitrogen and oxygen atoms in total. The molecule has 1 heterocycles. The molecule has 0 amide bonds. The number of hydrogen-bond acceptors (Lipinski definition) is 3. The quantitative estimate of drug-likeness (QED) is 0.818. The molecule has 0 atom stereocenters. The minimum Gasteiger partial charge on any atom is -0.362 e. The third-order valence-electron chi connectivity index (χ3n) is 2.39. The highest BCUT2D eigenvalue weighted by molar-refractivity contribution is 5.49. The third kappa shape index (κ3) is 2.93. The van der Waals surface area contributed by atoms with E-state index in [0.717, 1.165) is 12.2 Å². The summed E-state index contributed by atoms with van der Waals surface area (Å²) in [4.78, 5) is 6.38. The third-order valence-corrected chi connectivity index (χ3v) is 2.39. The van der Waals surface area contributed by atoms with Gasteiger partial charge in [-0.3, -0.25) is 0 Å². The molecule has 84 valence electrons. The molecule has 0 aliphatic heterocycles. The highest BCUT2D eigenvalue weighted by atomic mass is 15.1. The Morgan fingerprint density at radius 2 is 2.07 bits per heavy atom. The van der Waals surface area contributed by atoms with E-state index in [-0.39, 0.29) is 0 Å². The molecule has 1 rings (SSSR count). The number of aromatic nitrogens is 1. The monoisotopic (exact) mass is 207 g/mol. The fourth-order valence-electron chi connectivity index (χ4n) is 1.76. The van der Waals surface area contributed by atoms with Crippen LogP contribution in [0.15, 0.2) is 12.3 Å². The SMILES string of the molecule is CC(C)Cc1ccnc(N(C)C)c1CN. The van der Waals surface area contributed by atoms with Crippen LogP contribution < -0.4 is 10.6 Å². The summed E-state index contributed by atoms with van der Waals surface area (Å²) in [5, 5.41) is 0. The first-order valence-corrected chi connectivity index (χ1v) is 5.40. The molecule has 1 aromatic heterocycles. The second-order valence-electron chi connectivity index (χ2n) is 4.47. The molecule has 0 aliphatic rings. The molecule has 0 aliphatic carbocycles. The van der Waals surface area contributed by atoms with E-state index in [1.807, 2.05) is 25.2 Å². The van der Waals surface area contributed by atoms with E-state index in [4.69, 9.17) is 5.73 Å². The van der Waals surface area contributed by atoms with Crippen molar-refractivity contribution in [3.05, 3.63) is 23.4 Å². The molecule has 0 saturated heterocycles. The average Bonchev–Trinajstić information content (AvgIpc) is 2.16. The average molecular weight is 207 g/mol. The zero-order valence-electron chi connectivity index (χ0n) is 10.1. The predicted molar refractivity (Wildman–Crippen MR) is 65.0 cm³/mol. The van der Waals surface area contributed by atoms with Gasteiger partial charge in [-0.25, -0.2) is 4.98 Å². The molecule has 0 radical (unpaired) electrons. The number of nitrogens with zero attached hydrogens (tertiary/aromatic N) is 2. The Labute approximate surface area is 92.3 Å². The lowest BCUT2D eigenvalue weighted by atomic mass is 9.99. The number of hydrogen-bond donors (Lipinski definition) is 1. The molecular formula is C12H21N3. The lowest BCUT2D eigenvalue weighted by molar-refractivity contribution is 0.641. The van der Waals surface area contributed by atoms with Crippen molar-refractivity contribution in [2.24, 2.45) is 11.7 Å². The summed E-state index contributed by atoms with van der Waals surface area (Å²) in [6.45, 7) is 5.00. The Kier molecular flexibility index (Phi) is 4.09. The Hall–Kier alpha value is -1.09. The largest absolute Gasteiger partial charge is 0.362 e. The number of nitrogens with two attached hydrogens (primary N) is 1. The Morgan fingerprint density at radius 1 is 1.40 bits per heavy atom. The van der Waals surface area contributed by atoms with Crippen LogP contribution in [0.4, 0.5) is 5.82 Å². The van der Waals surface area contributed by atoms with Gasteiger partial charge in [0.15, 0.2) is 0 Å². The van der Waals surface area contributed by atoms with Crippen molar-refractivity contribution < 1.29 is 0 Å². The van der Waals surface area contributed by atoms with Gasteiger partial charge in [-0.1, -0.05) is 13.8 Å². The van der Waals surface area contributed by atoms with Gasteiger partial charge in [-0.15, -0.1) is 0 Å². The summed E-state index contributed by atoms with van der Waals surface area (Å²) in [5.41, 5.74) is 8.30. The van der Waals surface area contributed by atoms with Crippen LogP contribution in [-0.2, 0) is 13.0 Å². The maximum Gasteiger partial charge on any atom is 0.132 e. The van der Waals surface area contributed by atoms with Crippen molar-refractivity contribution in [1.82, 2.24) is 4.98 Å². The maximum atomic E-state index is 5.80. The van der Waals surface area contributed by atoms with E-state index < -0.39 is 0 Å². The molecule has 0 unspecified atom stereocenters. The zero-order valence-corrected chi connectivity index (χ0v) is 10.1. The lowest BCUT2D eigenvalue weighted by Gasteiger charge is -2.18. The Bertz CT molecular complexity index is 319. The van der Waals surface area contributed by atoms with Crippen LogP contribution in [0.3, 0.4) is 0 Å². The number of pyridine rings is 1. The molecule has 0 spiro atoms. The van der Waals surface area contributed by atoms with Gasteiger partial charge in [0.1, 0.15) is 5.82 Å². The first kappa shape index (κ1) is 12.0. The topological polar surface area (TPSA) is 42.2 Å². The molecule has 0 aromatic carbocycles. The highest BCUT2D eigenvalue weighted by Gasteiger charge is 2.10. The van der Waals surface area contributed by atoms with Crippen LogP contribution >= 0.6 is 0 Å². The van der Waals surface area contributed by atoms with Crippen LogP contribution in [0.25, 0.3) is 0 Å². The van der Waals surface area contributed by atoms with Crippen LogP contribution in [-0.4, -0.2) is 19.1 Å². The van der Waals surface area contributed by atoms with Crippen molar-refractivity contribution in [1.29, 1.82) is 0 Å². The van der Waals surface area contributed by atoms with Crippen molar-refractivity contribution in [3.8, 4) is 0 Å². The molecule has 15 heavy (non-hydrogen) atoms. The van der Waals surface area contributed by atoms with Crippen LogP contribution in [0.1, 0.15) is 25.0 Å². The van der Waals surface area contributed by atoms with Gasteiger partial charge in [-0.05, 0) is 24.0 Å². The molecule has 2 N–H and O–H groups in total. The minimum absolute atomic E-state index is 0.559. The summed E-state index contributed by atoms with van der Waals surface area (Å²) in [7, 11) is 4.00. The smallest absolute Gasteiger partial charge is 0.132 e. The predicted octanol–water partition coefficient (Wildman–Crippen LogP) is 1.80. The van der Waals surface area contributed by atoms with Crippen molar-refractivity contribution in [2.45, 2.75) is 26.8 Å². The van der Waals surface area contributed by atoms with Crippen molar-refractivity contribution >= 4 is 5.82 Å². The van der Waals surface area contributed by atoms with Gasteiger partial charge < -0.3 is 10.6 Å². The summed E-state index contributed by atoms with van der Waals surface area (Å²) in [6, 6.07) is 2.08. The summed E-state index contributed by atoms with van der Waals surface area (Å²) in [5.74, 6) is 1.64. The standard InChI is InChI=1S/C12H21N3/c1-9(2)7-10-5-6-14-12(15(3)4)11(10)8-13/h5-6,9H,7-8,13H2,1-4H3. The van der Waals surface area contributed by atoms with Gasteiger partial charge in [0, 0.05) is 32.4 Å². The lowest BCUT2D eigenvalue weighted by Crippen LogP contribution is -2.17. The summed E-state index contributed by atoms with van der Waals surface area (Å²) < 4.78 is 0. The molecular weight excluding hydrogens is 186 g/mol. The van der Waals surface area contributed by atoms with E-state index in [2.05, 4.69) is 24.9 Å². The van der Waals surface area contributed by atoms with Crippen LogP contribution in [0.5, 0.6) is 0 Å². The van der Waals surface area contributed by atoms with Crippen molar-refractivity contribution in [3.63, 3.8) is 0 Å². The van der Waals surface area contributed by atoms with Gasteiger partial charge >= 0.3 is 0 Å². The van der Waals surface area contributed by atoms with Gasteiger partial charge in [0.05, 0.1) is 0 Å². The van der Waals surface area contributed by atoms with E-state index in [9.17, 15) is 0 Å². The van der Waals surface area contributed by atoms with Gasteiger partial charge in [0.25, 0.3) is 0 Å². The fourth-order valence-corrected chi connectivity index (χ4v) is 1.76. The maximum absolute atomic E-state index is 5.80. The minimum atomic E-state index is 0.559. The molecule has 1 aromatic rings. The Balaban J connectivity index is 3.10.